The fourth-order valence-electron chi connectivity index (χ4n) is 1.63. The minimum atomic E-state index is -0.518. The summed E-state index contributed by atoms with van der Waals surface area (Å²) < 4.78 is 17.7. The largest absolute Gasteiger partial charge is 0.369 e. The van der Waals surface area contributed by atoms with Crippen LogP contribution in [0.5, 0.6) is 0 Å². The van der Waals surface area contributed by atoms with Gasteiger partial charge in [-0.15, -0.1) is 0 Å². The molecule has 0 radical (unpaired) electrons. The summed E-state index contributed by atoms with van der Waals surface area (Å²) in [5.74, 6) is 0. The molecule has 1 heterocycles. The fraction of sp³-hybridized carbons (Fsp3) is 0.400. The SMILES string of the molecule is N[C@H]1c2ccccc2COC1CF. The van der Waals surface area contributed by atoms with Crippen molar-refractivity contribution in [3.63, 3.8) is 0 Å². The zero-order valence-corrected chi connectivity index (χ0v) is 7.24. The molecule has 3 heteroatoms. The van der Waals surface area contributed by atoms with Gasteiger partial charge in [0, 0.05) is 0 Å². The van der Waals surface area contributed by atoms with Gasteiger partial charge in [0.1, 0.15) is 12.8 Å². The average molecular weight is 181 g/mol. The molecule has 0 aliphatic carbocycles. The molecule has 0 saturated carbocycles. The summed E-state index contributed by atoms with van der Waals surface area (Å²) in [6.45, 7) is -0.0477. The van der Waals surface area contributed by atoms with Crippen molar-refractivity contribution < 1.29 is 9.13 Å². The van der Waals surface area contributed by atoms with Crippen molar-refractivity contribution in [1.82, 2.24) is 0 Å². The molecule has 0 aromatic heterocycles. The first-order valence-corrected chi connectivity index (χ1v) is 4.34. The van der Waals surface area contributed by atoms with Crippen LogP contribution in [0.2, 0.25) is 0 Å². The Balaban J connectivity index is 2.33. The highest BCUT2D eigenvalue weighted by Gasteiger charge is 2.26. The lowest BCUT2D eigenvalue weighted by Gasteiger charge is -2.29. The van der Waals surface area contributed by atoms with E-state index in [-0.39, 0.29) is 6.04 Å². The molecule has 0 spiro atoms. The van der Waals surface area contributed by atoms with Gasteiger partial charge >= 0.3 is 0 Å². The molecule has 13 heavy (non-hydrogen) atoms. The van der Waals surface area contributed by atoms with Crippen LogP contribution in [-0.4, -0.2) is 12.8 Å². The lowest BCUT2D eigenvalue weighted by atomic mass is 9.95. The van der Waals surface area contributed by atoms with Crippen molar-refractivity contribution >= 4 is 0 Å². The van der Waals surface area contributed by atoms with Crippen LogP contribution in [0.3, 0.4) is 0 Å². The number of hydrogen-bond acceptors (Lipinski definition) is 2. The summed E-state index contributed by atoms with van der Waals surface area (Å²) >= 11 is 0. The van der Waals surface area contributed by atoms with Crippen molar-refractivity contribution in [1.29, 1.82) is 0 Å². The van der Waals surface area contributed by atoms with E-state index in [2.05, 4.69) is 0 Å². The van der Waals surface area contributed by atoms with E-state index in [9.17, 15) is 4.39 Å². The van der Waals surface area contributed by atoms with E-state index < -0.39 is 12.8 Å². The molecule has 0 fully saturated rings. The van der Waals surface area contributed by atoms with Crippen LogP contribution >= 0.6 is 0 Å². The predicted molar refractivity (Wildman–Crippen MR) is 47.9 cm³/mol. The molecular weight excluding hydrogens is 169 g/mol. The minimum Gasteiger partial charge on any atom is -0.369 e. The number of hydrogen-bond donors (Lipinski definition) is 1. The van der Waals surface area contributed by atoms with Gasteiger partial charge in [0.05, 0.1) is 12.6 Å². The first kappa shape index (κ1) is 8.66. The molecule has 70 valence electrons. The molecule has 1 unspecified atom stereocenters. The number of halogens is 1. The van der Waals surface area contributed by atoms with Gasteiger partial charge in [-0.1, -0.05) is 24.3 Å². The van der Waals surface area contributed by atoms with E-state index in [0.717, 1.165) is 11.1 Å². The first-order valence-electron chi connectivity index (χ1n) is 4.34. The van der Waals surface area contributed by atoms with E-state index in [1.807, 2.05) is 24.3 Å². The molecule has 0 saturated heterocycles. The maximum Gasteiger partial charge on any atom is 0.117 e. The van der Waals surface area contributed by atoms with E-state index >= 15 is 0 Å². The number of nitrogens with two attached hydrogens (primary N) is 1. The van der Waals surface area contributed by atoms with Crippen LogP contribution in [0.1, 0.15) is 17.2 Å². The Hall–Kier alpha value is -0.930. The summed E-state index contributed by atoms with van der Waals surface area (Å²) in [6, 6.07) is 7.42. The summed E-state index contributed by atoms with van der Waals surface area (Å²) in [5, 5.41) is 0. The van der Waals surface area contributed by atoms with Gasteiger partial charge in [-0.3, -0.25) is 0 Å². The Bertz CT molecular complexity index is 303. The normalized spacial score (nSPS) is 26.9. The minimum absolute atomic E-state index is 0.324. The maximum atomic E-state index is 12.4. The molecule has 0 amide bonds. The van der Waals surface area contributed by atoms with E-state index in [0.29, 0.717) is 6.61 Å². The van der Waals surface area contributed by atoms with Crippen molar-refractivity contribution in [2.45, 2.75) is 18.8 Å². The van der Waals surface area contributed by atoms with E-state index in [1.165, 1.54) is 0 Å². The maximum absolute atomic E-state index is 12.4. The summed E-state index contributed by atoms with van der Waals surface area (Å²) in [5.41, 5.74) is 7.92. The van der Waals surface area contributed by atoms with Crippen LogP contribution in [0, 0.1) is 0 Å². The molecule has 2 nitrogen and oxygen atoms in total. The monoisotopic (exact) mass is 181 g/mol. The van der Waals surface area contributed by atoms with Gasteiger partial charge in [-0.2, -0.15) is 0 Å². The quantitative estimate of drug-likeness (QED) is 0.713. The van der Waals surface area contributed by atoms with Gasteiger partial charge in [-0.05, 0) is 11.1 Å². The van der Waals surface area contributed by atoms with Crippen LogP contribution in [0.4, 0.5) is 4.39 Å². The highest BCUT2D eigenvalue weighted by atomic mass is 19.1. The molecule has 1 aromatic rings. The molecule has 2 N–H and O–H groups in total. The third kappa shape index (κ3) is 1.45. The third-order valence-electron chi connectivity index (χ3n) is 2.42. The van der Waals surface area contributed by atoms with Gasteiger partial charge in [0.25, 0.3) is 0 Å². The summed E-state index contributed by atoms with van der Waals surface area (Å²) in [4.78, 5) is 0. The predicted octanol–water partition coefficient (Wildman–Crippen LogP) is 1.55. The number of fused-ring (bicyclic) bond motifs is 1. The summed E-state index contributed by atoms with van der Waals surface area (Å²) in [6.07, 6.45) is -0.477. The van der Waals surface area contributed by atoms with Gasteiger partial charge in [0.15, 0.2) is 0 Å². The highest BCUT2D eigenvalue weighted by Crippen LogP contribution is 2.27. The Morgan fingerprint density at radius 2 is 2.23 bits per heavy atom. The summed E-state index contributed by atoms with van der Waals surface area (Å²) in [7, 11) is 0. The average Bonchev–Trinajstić information content (AvgIpc) is 2.19. The van der Waals surface area contributed by atoms with Crippen LogP contribution in [0.25, 0.3) is 0 Å². The standard InChI is InChI=1S/C10H12FNO/c11-5-9-10(12)8-4-2-1-3-7(8)6-13-9/h1-4,9-10H,5-6,12H2/t9?,10-/m0/s1. The lowest BCUT2D eigenvalue weighted by Crippen LogP contribution is -2.35. The van der Waals surface area contributed by atoms with Crippen LogP contribution in [-0.2, 0) is 11.3 Å². The molecule has 0 bridgehead atoms. The van der Waals surface area contributed by atoms with Crippen LogP contribution in [0.15, 0.2) is 24.3 Å². The van der Waals surface area contributed by atoms with Gasteiger partial charge in [0.2, 0.25) is 0 Å². The van der Waals surface area contributed by atoms with Crippen molar-refractivity contribution in [3.05, 3.63) is 35.4 Å². The number of alkyl halides is 1. The molecule has 2 rings (SSSR count). The highest BCUT2D eigenvalue weighted by molar-refractivity contribution is 5.31. The Morgan fingerprint density at radius 3 is 3.00 bits per heavy atom. The van der Waals surface area contributed by atoms with Crippen LogP contribution < -0.4 is 5.73 Å². The number of rotatable bonds is 1. The molecule has 1 aliphatic rings. The van der Waals surface area contributed by atoms with Crippen molar-refractivity contribution in [2.75, 3.05) is 6.67 Å². The second kappa shape index (κ2) is 3.44. The Kier molecular flexibility index (Phi) is 2.29. The lowest BCUT2D eigenvalue weighted by molar-refractivity contribution is -0.00557. The zero-order chi connectivity index (χ0) is 9.26. The number of ether oxygens (including phenoxy) is 1. The number of benzene rings is 1. The smallest absolute Gasteiger partial charge is 0.117 e. The Morgan fingerprint density at radius 1 is 1.46 bits per heavy atom. The van der Waals surface area contributed by atoms with E-state index in [4.69, 9.17) is 10.5 Å². The van der Waals surface area contributed by atoms with Crippen molar-refractivity contribution in [3.8, 4) is 0 Å². The second-order valence-corrected chi connectivity index (χ2v) is 3.23. The topological polar surface area (TPSA) is 35.2 Å². The second-order valence-electron chi connectivity index (χ2n) is 3.23. The fourth-order valence-corrected chi connectivity index (χ4v) is 1.63. The molecule has 2 atom stereocenters. The third-order valence-corrected chi connectivity index (χ3v) is 2.42. The first-order chi connectivity index (χ1) is 6.33. The van der Waals surface area contributed by atoms with Gasteiger partial charge < -0.3 is 10.5 Å². The van der Waals surface area contributed by atoms with E-state index in [1.54, 1.807) is 0 Å². The van der Waals surface area contributed by atoms with Gasteiger partial charge in [-0.25, -0.2) is 4.39 Å². The molecule has 1 aromatic carbocycles. The Labute approximate surface area is 76.5 Å². The molecule has 1 aliphatic heterocycles. The zero-order valence-electron chi connectivity index (χ0n) is 7.24. The molecular formula is C10H12FNO. The van der Waals surface area contributed by atoms with Crippen molar-refractivity contribution in [2.24, 2.45) is 5.73 Å².